The van der Waals surface area contributed by atoms with Crippen LogP contribution < -0.4 is 10.6 Å². The van der Waals surface area contributed by atoms with Crippen molar-refractivity contribution in [1.29, 1.82) is 0 Å². The van der Waals surface area contributed by atoms with Gasteiger partial charge < -0.3 is 15.7 Å². The van der Waals surface area contributed by atoms with Crippen LogP contribution in [0.2, 0.25) is 5.02 Å². The van der Waals surface area contributed by atoms with E-state index >= 15 is 0 Å². The Morgan fingerprint density at radius 1 is 1.14 bits per heavy atom. The molecule has 0 aliphatic rings. The van der Waals surface area contributed by atoms with Gasteiger partial charge in [0, 0.05) is 11.9 Å². The predicted octanol–water partition coefficient (Wildman–Crippen LogP) is 3.39. The molecular formula is C14H12ClN3O3. The molecule has 108 valence electrons. The largest absolute Gasteiger partial charge is 0.478 e. The summed E-state index contributed by atoms with van der Waals surface area (Å²) < 4.78 is 0. The van der Waals surface area contributed by atoms with Gasteiger partial charge in [-0.25, -0.2) is 9.59 Å². The van der Waals surface area contributed by atoms with Crippen molar-refractivity contribution in [3.8, 4) is 0 Å². The first-order valence-electron chi connectivity index (χ1n) is 5.98. The van der Waals surface area contributed by atoms with Crippen LogP contribution >= 0.6 is 11.6 Å². The van der Waals surface area contributed by atoms with Crippen LogP contribution in [-0.4, -0.2) is 22.1 Å². The minimum atomic E-state index is -1.16. The molecule has 1 heterocycles. The number of anilines is 2. The lowest BCUT2D eigenvalue weighted by Gasteiger charge is -2.09. The number of aryl methyl sites for hydroxylation is 1. The lowest BCUT2D eigenvalue weighted by atomic mass is 10.2. The number of aromatic carboxylic acids is 1. The number of carboxylic acid groups (broad SMARTS) is 1. The van der Waals surface area contributed by atoms with Gasteiger partial charge in [-0.1, -0.05) is 11.6 Å². The molecule has 2 rings (SSSR count). The van der Waals surface area contributed by atoms with E-state index in [1.54, 1.807) is 12.3 Å². The molecule has 0 radical (unpaired) electrons. The Kier molecular flexibility index (Phi) is 4.39. The average molecular weight is 306 g/mol. The number of carbonyl (C=O) groups is 2. The minimum Gasteiger partial charge on any atom is -0.478 e. The summed E-state index contributed by atoms with van der Waals surface area (Å²) in [4.78, 5) is 26.8. The number of rotatable bonds is 3. The monoisotopic (exact) mass is 305 g/mol. The van der Waals surface area contributed by atoms with Crippen LogP contribution in [0.4, 0.5) is 16.2 Å². The summed E-state index contributed by atoms with van der Waals surface area (Å²) in [7, 11) is 0. The molecule has 0 aliphatic heterocycles. The molecule has 2 amide bonds. The van der Waals surface area contributed by atoms with Crippen molar-refractivity contribution in [2.75, 3.05) is 10.6 Å². The molecule has 1 aromatic heterocycles. The maximum absolute atomic E-state index is 11.8. The molecule has 0 aliphatic carbocycles. The smallest absolute Gasteiger partial charge is 0.337 e. The van der Waals surface area contributed by atoms with Crippen molar-refractivity contribution in [2.45, 2.75) is 6.92 Å². The fraction of sp³-hybridized carbons (Fsp3) is 0.0714. The van der Waals surface area contributed by atoms with E-state index < -0.39 is 12.0 Å². The van der Waals surface area contributed by atoms with Gasteiger partial charge in [-0.3, -0.25) is 4.98 Å². The number of hydrogen-bond donors (Lipinski definition) is 3. The molecule has 6 nitrogen and oxygen atoms in total. The van der Waals surface area contributed by atoms with E-state index in [4.69, 9.17) is 16.7 Å². The van der Waals surface area contributed by atoms with Crippen molar-refractivity contribution >= 4 is 35.0 Å². The zero-order valence-electron chi connectivity index (χ0n) is 11.1. The van der Waals surface area contributed by atoms with Crippen molar-refractivity contribution in [3.05, 3.63) is 52.8 Å². The van der Waals surface area contributed by atoms with Gasteiger partial charge in [0.25, 0.3) is 0 Å². The second-order valence-electron chi connectivity index (χ2n) is 4.33. The third-order valence-corrected chi connectivity index (χ3v) is 2.92. The maximum atomic E-state index is 11.8. The molecule has 0 saturated carbocycles. The number of benzene rings is 1. The van der Waals surface area contributed by atoms with Crippen LogP contribution in [0, 0.1) is 6.92 Å². The molecule has 21 heavy (non-hydrogen) atoms. The highest BCUT2D eigenvalue weighted by Gasteiger charge is 2.11. The van der Waals surface area contributed by atoms with E-state index in [0.29, 0.717) is 11.4 Å². The second-order valence-corrected chi connectivity index (χ2v) is 4.74. The fourth-order valence-corrected chi connectivity index (χ4v) is 1.88. The number of carboxylic acids is 1. The van der Waals surface area contributed by atoms with Crippen molar-refractivity contribution < 1.29 is 14.7 Å². The summed E-state index contributed by atoms with van der Waals surface area (Å²) in [6.07, 6.45) is 3.18. The van der Waals surface area contributed by atoms with Gasteiger partial charge in [0.1, 0.15) is 0 Å². The summed E-state index contributed by atoms with van der Waals surface area (Å²) >= 11 is 5.76. The highest BCUT2D eigenvalue weighted by molar-refractivity contribution is 6.33. The van der Waals surface area contributed by atoms with Gasteiger partial charge in [-0.05, 0) is 36.8 Å². The first kappa shape index (κ1) is 14.8. The molecular weight excluding hydrogens is 294 g/mol. The van der Waals surface area contributed by atoms with Crippen LogP contribution in [0.3, 0.4) is 0 Å². The van der Waals surface area contributed by atoms with Crippen molar-refractivity contribution in [2.24, 2.45) is 0 Å². The SMILES string of the molecule is Cc1cncc(NC(=O)Nc2ccc(Cl)c(C(=O)O)c2)c1. The van der Waals surface area contributed by atoms with E-state index in [0.717, 1.165) is 5.56 Å². The molecule has 0 atom stereocenters. The highest BCUT2D eigenvalue weighted by atomic mass is 35.5. The van der Waals surface area contributed by atoms with Crippen LogP contribution in [0.5, 0.6) is 0 Å². The normalized spacial score (nSPS) is 10.0. The van der Waals surface area contributed by atoms with Crippen molar-refractivity contribution in [3.63, 3.8) is 0 Å². The number of amides is 2. The Morgan fingerprint density at radius 2 is 1.86 bits per heavy atom. The second kappa shape index (κ2) is 6.23. The van der Waals surface area contributed by atoms with Crippen LogP contribution in [0.1, 0.15) is 15.9 Å². The van der Waals surface area contributed by atoms with E-state index in [2.05, 4.69) is 15.6 Å². The summed E-state index contributed by atoms with van der Waals surface area (Å²) in [5.74, 6) is -1.16. The quantitative estimate of drug-likeness (QED) is 0.810. The number of halogens is 1. The number of nitrogens with one attached hydrogen (secondary N) is 2. The van der Waals surface area contributed by atoms with E-state index in [1.807, 2.05) is 6.92 Å². The van der Waals surface area contributed by atoms with Gasteiger partial charge in [0.05, 0.1) is 22.5 Å². The summed E-state index contributed by atoms with van der Waals surface area (Å²) in [6, 6.07) is 5.48. The van der Waals surface area contributed by atoms with Gasteiger partial charge in [0.15, 0.2) is 0 Å². The summed E-state index contributed by atoms with van der Waals surface area (Å²) in [5.41, 5.74) is 1.70. The Balaban J connectivity index is 2.09. The first-order valence-corrected chi connectivity index (χ1v) is 6.36. The molecule has 0 spiro atoms. The van der Waals surface area contributed by atoms with E-state index in [1.165, 1.54) is 24.4 Å². The third-order valence-electron chi connectivity index (χ3n) is 2.59. The molecule has 0 bridgehead atoms. The summed E-state index contributed by atoms with van der Waals surface area (Å²) in [5, 5.41) is 14.2. The van der Waals surface area contributed by atoms with Gasteiger partial charge in [-0.2, -0.15) is 0 Å². The Bertz CT molecular complexity index is 704. The van der Waals surface area contributed by atoms with Crippen LogP contribution in [0.25, 0.3) is 0 Å². The number of carbonyl (C=O) groups excluding carboxylic acids is 1. The van der Waals surface area contributed by atoms with Gasteiger partial charge >= 0.3 is 12.0 Å². The van der Waals surface area contributed by atoms with E-state index in [9.17, 15) is 9.59 Å². The zero-order chi connectivity index (χ0) is 15.4. The average Bonchev–Trinajstić information content (AvgIpc) is 2.40. The summed E-state index contributed by atoms with van der Waals surface area (Å²) in [6.45, 7) is 1.86. The fourth-order valence-electron chi connectivity index (χ4n) is 1.68. The molecule has 0 fully saturated rings. The number of nitrogens with zero attached hydrogens (tertiary/aromatic N) is 1. The highest BCUT2D eigenvalue weighted by Crippen LogP contribution is 2.20. The first-order chi connectivity index (χ1) is 9.95. The van der Waals surface area contributed by atoms with Crippen LogP contribution in [-0.2, 0) is 0 Å². The lowest BCUT2D eigenvalue weighted by molar-refractivity contribution is 0.0697. The molecule has 2 aromatic rings. The number of pyridine rings is 1. The van der Waals surface area contributed by atoms with Gasteiger partial charge in [0.2, 0.25) is 0 Å². The number of hydrogen-bond acceptors (Lipinski definition) is 3. The number of urea groups is 1. The van der Waals surface area contributed by atoms with Crippen LogP contribution in [0.15, 0.2) is 36.7 Å². The maximum Gasteiger partial charge on any atom is 0.337 e. The molecule has 0 unspecified atom stereocenters. The standard InChI is InChI=1S/C14H12ClN3O3/c1-8-4-10(7-16-6-8)18-14(21)17-9-2-3-12(15)11(5-9)13(19)20/h2-7H,1H3,(H,19,20)(H2,17,18,21). The molecule has 3 N–H and O–H groups in total. The lowest BCUT2D eigenvalue weighted by Crippen LogP contribution is -2.19. The molecule has 1 aromatic carbocycles. The molecule has 0 saturated heterocycles. The van der Waals surface area contributed by atoms with E-state index in [-0.39, 0.29) is 10.6 Å². The van der Waals surface area contributed by atoms with Crippen molar-refractivity contribution in [1.82, 2.24) is 4.98 Å². The topological polar surface area (TPSA) is 91.3 Å². The van der Waals surface area contributed by atoms with Gasteiger partial charge in [-0.15, -0.1) is 0 Å². The molecule has 7 heteroatoms. The number of aromatic nitrogens is 1. The Hall–Kier alpha value is -2.60. The minimum absolute atomic E-state index is 0.0771. The zero-order valence-corrected chi connectivity index (χ0v) is 11.8. The predicted molar refractivity (Wildman–Crippen MR) is 80.0 cm³/mol. The Morgan fingerprint density at radius 3 is 2.52 bits per heavy atom. The third kappa shape index (κ3) is 3.93. The Labute approximate surface area is 125 Å².